The van der Waals surface area contributed by atoms with Gasteiger partial charge in [0.15, 0.2) is 0 Å². The van der Waals surface area contributed by atoms with E-state index in [9.17, 15) is 9.90 Å². The molecule has 3 nitrogen and oxygen atoms in total. The summed E-state index contributed by atoms with van der Waals surface area (Å²) in [6.45, 7) is 6.60. The van der Waals surface area contributed by atoms with Crippen molar-refractivity contribution in [3.63, 3.8) is 0 Å². The molecule has 1 N–H and O–H groups in total. The Balaban J connectivity index is 1.96. The first-order valence-corrected chi connectivity index (χ1v) is 8.51. The summed E-state index contributed by atoms with van der Waals surface area (Å²) in [5, 5.41) is 10.6. The summed E-state index contributed by atoms with van der Waals surface area (Å²) in [6, 6.07) is 0. The van der Waals surface area contributed by atoms with Crippen molar-refractivity contribution in [1.29, 1.82) is 0 Å². The molecular formula is C18H28O3. The van der Waals surface area contributed by atoms with Crippen LogP contribution in [0.2, 0.25) is 0 Å². The maximum absolute atomic E-state index is 12.5. The van der Waals surface area contributed by atoms with Gasteiger partial charge in [0, 0.05) is 18.3 Å². The summed E-state index contributed by atoms with van der Waals surface area (Å²) < 4.78 is 6.25. The predicted molar refractivity (Wildman–Crippen MR) is 81.8 cm³/mol. The molecule has 118 valence electrons. The van der Waals surface area contributed by atoms with Gasteiger partial charge in [-0.25, -0.2) is 0 Å². The lowest BCUT2D eigenvalue weighted by molar-refractivity contribution is -0.129. The molecular weight excluding hydrogens is 264 g/mol. The predicted octanol–water partition coefficient (Wildman–Crippen LogP) is 3.11. The van der Waals surface area contributed by atoms with Crippen molar-refractivity contribution in [3.05, 3.63) is 11.6 Å². The van der Waals surface area contributed by atoms with Crippen LogP contribution in [-0.4, -0.2) is 29.2 Å². The second-order valence-electron chi connectivity index (χ2n) is 7.55. The van der Waals surface area contributed by atoms with Crippen LogP contribution >= 0.6 is 0 Å². The highest BCUT2D eigenvalue weighted by atomic mass is 16.5. The van der Waals surface area contributed by atoms with Gasteiger partial charge >= 0.3 is 0 Å². The van der Waals surface area contributed by atoms with Crippen LogP contribution < -0.4 is 0 Å². The van der Waals surface area contributed by atoms with E-state index in [0.717, 1.165) is 25.7 Å². The summed E-state index contributed by atoms with van der Waals surface area (Å²) in [7, 11) is 0. The number of hydrogen-bond donors (Lipinski definition) is 1. The summed E-state index contributed by atoms with van der Waals surface area (Å²) in [6.07, 6.45) is 5.78. The number of aliphatic hydroxyl groups is 1. The first kappa shape index (κ1) is 15.2. The molecule has 0 aromatic rings. The molecule has 3 rings (SSSR count). The van der Waals surface area contributed by atoms with E-state index in [1.54, 1.807) is 0 Å². The zero-order valence-electron chi connectivity index (χ0n) is 13.4. The average Bonchev–Trinajstić information content (AvgIpc) is 2.80. The van der Waals surface area contributed by atoms with Gasteiger partial charge in [-0.3, -0.25) is 4.79 Å². The van der Waals surface area contributed by atoms with E-state index in [4.69, 9.17) is 4.74 Å². The van der Waals surface area contributed by atoms with Crippen molar-refractivity contribution in [2.45, 2.75) is 71.2 Å². The van der Waals surface area contributed by atoms with Crippen LogP contribution in [0.5, 0.6) is 0 Å². The fraction of sp³-hybridized carbons (Fsp3) is 0.833. The SMILES string of the molecule is C/C1=C/CC[C@H](O)[C@@H]2O[C@H](C1)[C@H]1C(=O)CC[C@H](C(C)C)[C@@H]21. The second kappa shape index (κ2) is 5.85. The number of carbonyl (C=O) groups is 1. The maximum atomic E-state index is 12.5. The number of carbonyl (C=O) groups excluding carboxylic acids is 1. The van der Waals surface area contributed by atoms with Crippen molar-refractivity contribution in [2.75, 3.05) is 0 Å². The van der Waals surface area contributed by atoms with Gasteiger partial charge in [0.1, 0.15) is 5.78 Å². The van der Waals surface area contributed by atoms with Crippen molar-refractivity contribution >= 4 is 5.78 Å². The number of hydrogen-bond acceptors (Lipinski definition) is 3. The van der Waals surface area contributed by atoms with E-state index >= 15 is 0 Å². The number of aliphatic hydroxyl groups excluding tert-OH is 1. The van der Waals surface area contributed by atoms with Crippen LogP contribution in [0.1, 0.15) is 52.9 Å². The van der Waals surface area contributed by atoms with Crippen molar-refractivity contribution in [3.8, 4) is 0 Å². The molecule has 3 heteroatoms. The van der Waals surface area contributed by atoms with Crippen molar-refractivity contribution in [1.82, 2.24) is 0 Å². The number of Topliss-reactive ketones (excluding diaryl/α,β-unsaturated/α-hetero) is 1. The summed E-state index contributed by atoms with van der Waals surface area (Å²) in [5.41, 5.74) is 1.30. The molecule has 2 fully saturated rings. The fourth-order valence-corrected chi connectivity index (χ4v) is 4.79. The monoisotopic (exact) mass is 292 g/mol. The van der Waals surface area contributed by atoms with Crippen LogP contribution in [0.3, 0.4) is 0 Å². The molecule has 1 saturated heterocycles. The number of ketones is 1. The lowest BCUT2D eigenvalue weighted by Gasteiger charge is -2.39. The fourth-order valence-electron chi connectivity index (χ4n) is 4.79. The Hall–Kier alpha value is -0.670. The number of allylic oxidation sites excluding steroid dienone is 1. The van der Waals surface area contributed by atoms with Crippen LogP contribution in [0.25, 0.3) is 0 Å². The Morgan fingerprint density at radius 1 is 1.33 bits per heavy atom. The molecule has 21 heavy (non-hydrogen) atoms. The van der Waals surface area contributed by atoms with E-state index in [-0.39, 0.29) is 24.0 Å². The molecule has 3 aliphatic rings. The summed E-state index contributed by atoms with van der Waals surface area (Å²) in [4.78, 5) is 12.5. The van der Waals surface area contributed by atoms with Gasteiger partial charge in [0.25, 0.3) is 0 Å². The number of ether oxygens (including phenoxy) is 1. The lowest BCUT2D eigenvalue weighted by atomic mass is 9.63. The zero-order chi connectivity index (χ0) is 15.1. The summed E-state index contributed by atoms with van der Waals surface area (Å²) in [5.74, 6) is 1.64. The third-order valence-corrected chi connectivity index (χ3v) is 5.83. The van der Waals surface area contributed by atoms with E-state index in [0.29, 0.717) is 24.0 Å². The van der Waals surface area contributed by atoms with Gasteiger partial charge in [-0.15, -0.1) is 0 Å². The molecule has 1 aliphatic carbocycles. The molecule has 0 aromatic carbocycles. The van der Waals surface area contributed by atoms with Crippen molar-refractivity contribution < 1.29 is 14.6 Å². The molecule has 0 unspecified atom stereocenters. The maximum Gasteiger partial charge on any atom is 0.138 e. The lowest BCUT2D eigenvalue weighted by Crippen LogP contribution is -2.44. The molecule has 6 atom stereocenters. The number of rotatable bonds is 1. The highest BCUT2D eigenvalue weighted by Crippen LogP contribution is 2.49. The van der Waals surface area contributed by atoms with Crippen molar-refractivity contribution in [2.24, 2.45) is 23.7 Å². The summed E-state index contributed by atoms with van der Waals surface area (Å²) >= 11 is 0. The normalized spacial score (nSPS) is 46.3. The molecule has 0 aromatic heterocycles. The van der Waals surface area contributed by atoms with Crippen LogP contribution in [0, 0.1) is 23.7 Å². The van der Waals surface area contributed by atoms with Crippen LogP contribution in [0.15, 0.2) is 11.6 Å². The first-order valence-electron chi connectivity index (χ1n) is 8.51. The Morgan fingerprint density at radius 3 is 2.81 bits per heavy atom. The van der Waals surface area contributed by atoms with Gasteiger partial charge in [-0.2, -0.15) is 0 Å². The van der Waals surface area contributed by atoms with Crippen LogP contribution in [0.4, 0.5) is 0 Å². The molecule has 0 radical (unpaired) electrons. The van der Waals surface area contributed by atoms with Gasteiger partial charge in [-0.05, 0) is 44.4 Å². The standard InChI is InChI=1S/C18H28O3/c1-10(2)12-7-8-13(19)17-15-9-11(3)5-4-6-14(20)18(21-15)16(12)17/h5,10,12,14-18,20H,4,6-9H2,1-3H3/b11-5-/t12-,14+,15-,16-,17-,18+/m1/s1. The molecule has 0 amide bonds. The number of fused-ring (bicyclic) bond motifs is 5. The third kappa shape index (κ3) is 2.70. The third-order valence-electron chi connectivity index (χ3n) is 5.83. The Bertz CT molecular complexity index is 440. The van der Waals surface area contributed by atoms with Crippen LogP contribution in [-0.2, 0) is 9.53 Å². The quantitative estimate of drug-likeness (QED) is 0.755. The Kier molecular flexibility index (Phi) is 4.24. The molecule has 2 heterocycles. The second-order valence-corrected chi connectivity index (χ2v) is 7.55. The van der Waals surface area contributed by atoms with Gasteiger partial charge in [0.2, 0.25) is 0 Å². The largest absolute Gasteiger partial charge is 0.390 e. The minimum absolute atomic E-state index is 0.00671. The smallest absolute Gasteiger partial charge is 0.138 e. The van der Waals surface area contributed by atoms with E-state index in [2.05, 4.69) is 26.8 Å². The van der Waals surface area contributed by atoms with E-state index < -0.39 is 6.10 Å². The molecule has 2 bridgehead atoms. The Labute approximate surface area is 127 Å². The van der Waals surface area contributed by atoms with E-state index in [1.807, 2.05) is 0 Å². The molecule has 2 aliphatic heterocycles. The first-order chi connectivity index (χ1) is 9.99. The van der Waals surface area contributed by atoms with E-state index in [1.165, 1.54) is 5.57 Å². The molecule has 1 saturated carbocycles. The van der Waals surface area contributed by atoms with Gasteiger partial charge in [-0.1, -0.05) is 25.5 Å². The average molecular weight is 292 g/mol. The highest BCUT2D eigenvalue weighted by Gasteiger charge is 2.55. The van der Waals surface area contributed by atoms with Gasteiger partial charge in [0.05, 0.1) is 18.3 Å². The minimum Gasteiger partial charge on any atom is -0.390 e. The topological polar surface area (TPSA) is 46.5 Å². The minimum atomic E-state index is -0.434. The molecule has 0 spiro atoms. The highest BCUT2D eigenvalue weighted by molar-refractivity contribution is 5.83. The zero-order valence-corrected chi connectivity index (χ0v) is 13.4. The van der Waals surface area contributed by atoms with Gasteiger partial charge < -0.3 is 9.84 Å². The Morgan fingerprint density at radius 2 is 2.10 bits per heavy atom.